The van der Waals surface area contributed by atoms with Crippen LogP contribution in [0.4, 0.5) is 5.69 Å². The minimum atomic E-state index is -0.435. The number of nitrogens with zero attached hydrogens (tertiary/aromatic N) is 5. The minimum Gasteiger partial charge on any atom is -0.465 e. The number of aromatic nitrogens is 4. The number of hydrogen-bond acceptors (Lipinski definition) is 9. The number of fused-ring (bicyclic) bond motifs is 1. The molecular formula is C36H25ClN6O5. The first-order valence-electron chi connectivity index (χ1n) is 14.5. The van der Waals surface area contributed by atoms with Crippen molar-refractivity contribution in [2.45, 2.75) is 13.5 Å². The predicted molar refractivity (Wildman–Crippen MR) is 180 cm³/mol. The maximum absolute atomic E-state index is 12.9. The summed E-state index contributed by atoms with van der Waals surface area (Å²) in [5.41, 5.74) is 6.10. The lowest BCUT2D eigenvalue weighted by Gasteiger charge is -2.14. The van der Waals surface area contributed by atoms with Crippen molar-refractivity contribution in [1.29, 1.82) is 5.26 Å². The van der Waals surface area contributed by atoms with Crippen molar-refractivity contribution in [3.05, 3.63) is 130 Å². The third-order valence-electron chi connectivity index (χ3n) is 7.55. The van der Waals surface area contributed by atoms with Gasteiger partial charge in [0.2, 0.25) is 5.89 Å². The Morgan fingerprint density at radius 3 is 2.69 bits per heavy atom. The average molecular weight is 657 g/mol. The van der Waals surface area contributed by atoms with Crippen molar-refractivity contribution in [1.82, 2.24) is 19.5 Å². The fourth-order valence-corrected chi connectivity index (χ4v) is 5.40. The number of carbonyl (C=O) groups is 3. The first-order chi connectivity index (χ1) is 23.3. The van der Waals surface area contributed by atoms with Crippen LogP contribution in [-0.4, -0.2) is 44.8 Å². The molecule has 0 saturated heterocycles. The summed E-state index contributed by atoms with van der Waals surface area (Å²) >= 11 is 6.56. The molecule has 1 amide bonds. The van der Waals surface area contributed by atoms with Gasteiger partial charge in [-0.05, 0) is 72.2 Å². The third kappa shape index (κ3) is 6.46. The van der Waals surface area contributed by atoms with E-state index in [0.29, 0.717) is 67.5 Å². The fourth-order valence-electron chi connectivity index (χ4n) is 5.14. The van der Waals surface area contributed by atoms with E-state index in [1.807, 2.05) is 19.1 Å². The summed E-state index contributed by atoms with van der Waals surface area (Å²) in [5.74, 6) is -0.462. The van der Waals surface area contributed by atoms with Gasteiger partial charge >= 0.3 is 5.97 Å². The van der Waals surface area contributed by atoms with Crippen LogP contribution in [0.3, 0.4) is 0 Å². The van der Waals surface area contributed by atoms with Crippen LogP contribution in [0.25, 0.3) is 34.4 Å². The van der Waals surface area contributed by atoms with Crippen molar-refractivity contribution in [3.63, 3.8) is 0 Å². The van der Waals surface area contributed by atoms with E-state index in [1.165, 1.54) is 25.4 Å². The number of halogens is 1. The van der Waals surface area contributed by atoms with Crippen LogP contribution in [0.5, 0.6) is 0 Å². The lowest BCUT2D eigenvalue weighted by atomic mass is 9.94. The zero-order chi connectivity index (χ0) is 33.8. The number of nitrogens with one attached hydrogen (secondary N) is 1. The van der Waals surface area contributed by atoms with Gasteiger partial charge in [-0.3, -0.25) is 19.6 Å². The molecule has 0 spiro atoms. The van der Waals surface area contributed by atoms with Gasteiger partial charge in [0.25, 0.3) is 5.91 Å². The van der Waals surface area contributed by atoms with Crippen LogP contribution in [0, 0.1) is 18.3 Å². The Balaban J connectivity index is 1.25. The van der Waals surface area contributed by atoms with E-state index in [2.05, 4.69) is 26.3 Å². The molecule has 0 atom stereocenters. The molecular weight excluding hydrogens is 632 g/mol. The maximum Gasteiger partial charge on any atom is 0.339 e. The van der Waals surface area contributed by atoms with Gasteiger partial charge < -0.3 is 19.0 Å². The van der Waals surface area contributed by atoms with Gasteiger partial charge in [0.1, 0.15) is 17.3 Å². The lowest BCUT2D eigenvalue weighted by Crippen LogP contribution is -2.14. The van der Waals surface area contributed by atoms with Crippen LogP contribution < -0.4 is 5.32 Å². The molecule has 0 radical (unpaired) electrons. The van der Waals surface area contributed by atoms with Crippen molar-refractivity contribution in [2.75, 3.05) is 12.4 Å². The summed E-state index contributed by atoms with van der Waals surface area (Å²) in [6.07, 6.45) is 10.5. The van der Waals surface area contributed by atoms with Crippen LogP contribution in [0.2, 0.25) is 5.02 Å². The predicted octanol–water partition coefficient (Wildman–Crippen LogP) is 6.99. The second-order valence-electron chi connectivity index (χ2n) is 10.6. The standard InChI is InChI=1S/C36H25ClN6O5/c1-21-25(4-3-5-29(21)42-35(45)31-9-7-23(20-44)17-40-31)26-10-12-39-30(27(26)16-38)8-6-22-14-28(37)34-32(15-22)41-33(48-34)19-43-13-11-24(18-43)36(46)47-2/h3-15,17-18,20H,19H2,1-2H3,(H,42,45)/b8-6+. The molecule has 4 heterocycles. The van der Waals surface area contributed by atoms with Gasteiger partial charge in [-0.15, -0.1) is 0 Å². The number of methoxy groups -OCH3 is 1. The number of aldehydes is 1. The van der Waals surface area contributed by atoms with Gasteiger partial charge in [-0.25, -0.2) is 9.78 Å². The molecule has 2 aromatic carbocycles. The molecule has 0 aliphatic rings. The quantitative estimate of drug-likeness (QED) is 0.128. The molecule has 0 saturated carbocycles. The SMILES string of the molecule is COC(=O)c1ccn(Cc2nc3cc(/C=C/c4nccc(-c5cccc(NC(=O)c6ccc(C=O)cn6)c5C)c4C#N)cc(Cl)c3o2)c1. The number of nitriles is 1. The van der Waals surface area contributed by atoms with Crippen LogP contribution >= 0.6 is 11.6 Å². The number of oxazole rings is 1. The molecule has 11 nitrogen and oxygen atoms in total. The Hall–Kier alpha value is -6.38. The largest absolute Gasteiger partial charge is 0.465 e. The number of carbonyl (C=O) groups excluding carboxylic acids is 3. The van der Waals surface area contributed by atoms with Crippen molar-refractivity contribution in [3.8, 4) is 17.2 Å². The molecule has 4 aromatic heterocycles. The molecule has 6 aromatic rings. The van der Waals surface area contributed by atoms with Crippen LogP contribution in [0.1, 0.15) is 59.5 Å². The van der Waals surface area contributed by atoms with E-state index < -0.39 is 11.9 Å². The monoisotopic (exact) mass is 656 g/mol. The van der Waals surface area contributed by atoms with Crippen LogP contribution in [0.15, 0.2) is 83.8 Å². The highest BCUT2D eigenvalue weighted by molar-refractivity contribution is 6.34. The molecule has 0 aliphatic carbocycles. The van der Waals surface area contributed by atoms with Crippen molar-refractivity contribution in [2.24, 2.45) is 0 Å². The van der Waals surface area contributed by atoms with E-state index in [-0.39, 0.29) is 12.2 Å². The van der Waals surface area contributed by atoms with Gasteiger partial charge in [-0.2, -0.15) is 5.26 Å². The van der Waals surface area contributed by atoms with Gasteiger partial charge in [0.05, 0.1) is 35.5 Å². The second kappa shape index (κ2) is 13.5. The lowest BCUT2D eigenvalue weighted by molar-refractivity contribution is 0.0600. The Bertz CT molecular complexity index is 2280. The van der Waals surface area contributed by atoms with E-state index in [1.54, 1.807) is 65.6 Å². The van der Waals surface area contributed by atoms with E-state index in [9.17, 15) is 19.6 Å². The molecule has 0 bridgehead atoms. The Morgan fingerprint density at radius 2 is 1.94 bits per heavy atom. The number of esters is 1. The fraction of sp³-hybridized carbons (Fsp3) is 0.0833. The second-order valence-corrected chi connectivity index (χ2v) is 11.0. The summed E-state index contributed by atoms with van der Waals surface area (Å²) in [4.78, 5) is 48.6. The first kappa shape index (κ1) is 31.6. The zero-order valence-electron chi connectivity index (χ0n) is 25.6. The summed E-state index contributed by atoms with van der Waals surface area (Å²) in [6, 6.07) is 17.6. The summed E-state index contributed by atoms with van der Waals surface area (Å²) in [7, 11) is 1.32. The first-order valence-corrected chi connectivity index (χ1v) is 14.9. The normalized spacial score (nSPS) is 11.0. The number of rotatable bonds is 9. The van der Waals surface area contributed by atoms with Gasteiger partial charge in [0, 0.05) is 41.6 Å². The molecule has 0 aliphatic heterocycles. The molecule has 48 heavy (non-hydrogen) atoms. The number of ether oxygens (including phenoxy) is 1. The topological polar surface area (TPSA) is 153 Å². The maximum atomic E-state index is 12.9. The van der Waals surface area contributed by atoms with E-state index >= 15 is 0 Å². The average Bonchev–Trinajstić information content (AvgIpc) is 3.75. The van der Waals surface area contributed by atoms with Gasteiger partial charge in [0.15, 0.2) is 11.9 Å². The molecule has 236 valence electrons. The molecule has 1 N–H and O–H groups in total. The molecule has 6 rings (SSSR count). The Labute approximate surface area is 279 Å². The summed E-state index contributed by atoms with van der Waals surface area (Å²) in [6.45, 7) is 2.13. The summed E-state index contributed by atoms with van der Waals surface area (Å²) < 4.78 is 12.4. The van der Waals surface area contributed by atoms with Crippen molar-refractivity contribution < 1.29 is 23.5 Å². The number of hydrogen-bond donors (Lipinski definition) is 1. The Kier molecular flexibility index (Phi) is 8.91. The van der Waals surface area contributed by atoms with E-state index in [4.69, 9.17) is 20.8 Å². The van der Waals surface area contributed by atoms with E-state index in [0.717, 1.165) is 11.1 Å². The third-order valence-corrected chi connectivity index (χ3v) is 7.83. The number of anilines is 1. The molecule has 12 heteroatoms. The minimum absolute atomic E-state index is 0.162. The highest BCUT2D eigenvalue weighted by Gasteiger charge is 2.17. The number of pyridine rings is 2. The number of benzene rings is 2. The highest BCUT2D eigenvalue weighted by atomic mass is 35.5. The molecule has 0 unspecified atom stereocenters. The highest BCUT2D eigenvalue weighted by Crippen LogP contribution is 2.33. The van der Waals surface area contributed by atoms with Crippen molar-refractivity contribution >= 4 is 58.7 Å². The Morgan fingerprint density at radius 1 is 1.08 bits per heavy atom. The number of amides is 1. The zero-order valence-corrected chi connectivity index (χ0v) is 26.4. The van der Waals surface area contributed by atoms with Gasteiger partial charge in [-0.1, -0.05) is 29.8 Å². The van der Waals surface area contributed by atoms with Crippen LogP contribution in [-0.2, 0) is 11.3 Å². The smallest absolute Gasteiger partial charge is 0.339 e. The summed E-state index contributed by atoms with van der Waals surface area (Å²) in [5, 5.41) is 13.4. The molecule has 0 fully saturated rings.